The minimum absolute atomic E-state index is 0.0955. The third-order valence-corrected chi connectivity index (χ3v) is 3.56. The van der Waals surface area contributed by atoms with Crippen LogP contribution in [0.25, 0.3) is 0 Å². The lowest BCUT2D eigenvalue weighted by molar-refractivity contribution is -0.154. The van der Waals surface area contributed by atoms with Crippen LogP contribution in [0.2, 0.25) is 10.0 Å². The molecule has 1 N–H and O–H groups in total. The molecule has 1 aromatic heterocycles. The number of alkyl halides is 3. The van der Waals surface area contributed by atoms with E-state index in [0.29, 0.717) is 15.6 Å². The fraction of sp³-hybridized carbons (Fsp3) is 0.200. The highest BCUT2D eigenvalue weighted by atomic mass is 35.5. The Balaban J connectivity index is 2.05. The van der Waals surface area contributed by atoms with Gasteiger partial charge in [-0.1, -0.05) is 29.3 Å². The Hall–Kier alpha value is -1.99. The molecule has 0 unspecified atom stereocenters. The Morgan fingerprint density at radius 1 is 1.21 bits per heavy atom. The molecule has 9 heteroatoms. The zero-order valence-electron chi connectivity index (χ0n) is 12.0. The summed E-state index contributed by atoms with van der Waals surface area (Å²) in [5, 5.41) is 3.27. The van der Waals surface area contributed by atoms with E-state index in [1.807, 2.05) is 0 Å². The zero-order chi connectivity index (χ0) is 17.7. The number of rotatable bonds is 5. The fourth-order valence-corrected chi connectivity index (χ4v) is 2.08. The predicted octanol–water partition coefficient (Wildman–Crippen LogP) is 4.26. The van der Waals surface area contributed by atoms with Gasteiger partial charge >= 0.3 is 6.18 Å². The molecule has 1 aromatic carbocycles. The third-order valence-electron chi connectivity index (χ3n) is 2.83. The first kappa shape index (κ1) is 18.4. The van der Waals surface area contributed by atoms with Gasteiger partial charge in [0, 0.05) is 12.7 Å². The summed E-state index contributed by atoms with van der Waals surface area (Å²) >= 11 is 11.7. The molecular formula is C15H11Cl2F3N2O2. The van der Waals surface area contributed by atoms with Crippen LogP contribution >= 0.6 is 23.2 Å². The highest BCUT2D eigenvalue weighted by Gasteiger charge is 2.29. The summed E-state index contributed by atoms with van der Waals surface area (Å²) in [6.45, 7) is -1.42. The van der Waals surface area contributed by atoms with Gasteiger partial charge in [0.2, 0.25) is 5.88 Å². The average molecular weight is 379 g/mol. The quantitative estimate of drug-likeness (QED) is 0.845. The van der Waals surface area contributed by atoms with Gasteiger partial charge < -0.3 is 10.1 Å². The Morgan fingerprint density at radius 2 is 1.96 bits per heavy atom. The summed E-state index contributed by atoms with van der Waals surface area (Å²) in [6.07, 6.45) is -3.28. The molecule has 0 radical (unpaired) electrons. The first-order valence-electron chi connectivity index (χ1n) is 6.63. The first-order chi connectivity index (χ1) is 11.3. The lowest BCUT2D eigenvalue weighted by Gasteiger charge is -2.12. The molecule has 1 heterocycles. The molecule has 0 saturated heterocycles. The summed E-state index contributed by atoms with van der Waals surface area (Å²) < 4.78 is 41.3. The number of halogens is 5. The second-order valence-electron chi connectivity index (χ2n) is 4.69. The molecule has 128 valence electrons. The Bertz CT molecular complexity index is 739. The number of hydrogen-bond acceptors (Lipinski definition) is 3. The van der Waals surface area contributed by atoms with Crippen LogP contribution in [0, 0.1) is 0 Å². The minimum Gasteiger partial charge on any atom is -0.467 e. The number of ether oxygens (including phenoxy) is 1. The van der Waals surface area contributed by atoms with Crippen molar-refractivity contribution in [2.45, 2.75) is 12.7 Å². The van der Waals surface area contributed by atoms with E-state index in [1.165, 1.54) is 18.3 Å². The lowest BCUT2D eigenvalue weighted by atomic mass is 10.2. The Kier molecular flexibility index (Phi) is 5.90. The van der Waals surface area contributed by atoms with Crippen LogP contribution in [-0.4, -0.2) is 23.7 Å². The fourth-order valence-electron chi connectivity index (χ4n) is 1.76. The second kappa shape index (κ2) is 7.72. The first-order valence-corrected chi connectivity index (χ1v) is 7.38. The lowest BCUT2D eigenvalue weighted by Crippen LogP contribution is -2.25. The summed E-state index contributed by atoms with van der Waals surface area (Å²) in [5.74, 6) is -1.01. The van der Waals surface area contributed by atoms with E-state index < -0.39 is 18.7 Å². The van der Waals surface area contributed by atoms with Gasteiger partial charge in [-0.25, -0.2) is 4.98 Å². The van der Waals surface area contributed by atoms with E-state index in [4.69, 9.17) is 23.2 Å². The van der Waals surface area contributed by atoms with Gasteiger partial charge in [-0.3, -0.25) is 4.79 Å². The number of carbonyl (C=O) groups excluding carboxylic acids is 1. The number of benzene rings is 1. The van der Waals surface area contributed by atoms with Crippen LogP contribution in [-0.2, 0) is 6.54 Å². The maximum atomic E-state index is 12.2. The molecule has 1 amide bonds. The van der Waals surface area contributed by atoms with Crippen molar-refractivity contribution in [2.75, 3.05) is 6.61 Å². The molecule has 0 spiro atoms. The number of pyridine rings is 1. The van der Waals surface area contributed by atoms with Crippen molar-refractivity contribution < 1.29 is 22.7 Å². The van der Waals surface area contributed by atoms with Crippen LogP contribution in [0.3, 0.4) is 0 Å². The third kappa shape index (κ3) is 5.28. The summed E-state index contributed by atoms with van der Waals surface area (Å²) in [5.41, 5.74) is 0.584. The van der Waals surface area contributed by atoms with Crippen LogP contribution in [0.4, 0.5) is 13.2 Å². The number of carbonyl (C=O) groups is 1. The molecule has 0 atom stereocenters. The van der Waals surface area contributed by atoms with E-state index >= 15 is 0 Å². The van der Waals surface area contributed by atoms with Gasteiger partial charge in [0.15, 0.2) is 6.61 Å². The molecular weight excluding hydrogens is 368 g/mol. The van der Waals surface area contributed by atoms with Gasteiger partial charge in [-0.2, -0.15) is 13.2 Å². The Labute approximate surface area is 145 Å². The van der Waals surface area contributed by atoms with Crippen molar-refractivity contribution >= 4 is 29.1 Å². The van der Waals surface area contributed by atoms with Crippen LogP contribution in [0.1, 0.15) is 15.9 Å². The highest BCUT2D eigenvalue weighted by molar-refractivity contribution is 6.42. The van der Waals surface area contributed by atoms with Crippen molar-refractivity contribution in [1.82, 2.24) is 10.3 Å². The largest absolute Gasteiger partial charge is 0.467 e. The van der Waals surface area contributed by atoms with E-state index in [1.54, 1.807) is 18.2 Å². The topological polar surface area (TPSA) is 51.2 Å². The maximum Gasteiger partial charge on any atom is 0.422 e. The van der Waals surface area contributed by atoms with Gasteiger partial charge in [-0.15, -0.1) is 0 Å². The molecule has 2 rings (SSSR count). The predicted molar refractivity (Wildman–Crippen MR) is 83.4 cm³/mol. The van der Waals surface area contributed by atoms with Gasteiger partial charge in [0.1, 0.15) is 5.56 Å². The molecule has 2 aromatic rings. The normalized spacial score (nSPS) is 11.2. The summed E-state index contributed by atoms with van der Waals surface area (Å²) in [6, 6.07) is 7.57. The van der Waals surface area contributed by atoms with E-state index in [9.17, 15) is 18.0 Å². The number of amides is 1. The molecule has 0 aliphatic rings. The molecule has 0 aliphatic carbocycles. The standard InChI is InChI=1S/C15H11Cl2F3N2O2/c16-11-4-3-9(6-12(11)17)7-22-13(23)10-2-1-5-21-14(10)24-8-15(18,19)20/h1-6H,7-8H2,(H,22,23). The van der Waals surface area contributed by atoms with Gasteiger partial charge in [0.25, 0.3) is 5.91 Å². The van der Waals surface area contributed by atoms with Crippen molar-refractivity contribution in [1.29, 1.82) is 0 Å². The van der Waals surface area contributed by atoms with E-state index in [2.05, 4.69) is 15.0 Å². The highest BCUT2D eigenvalue weighted by Crippen LogP contribution is 2.23. The minimum atomic E-state index is -4.52. The zero-order valence-corrected chi connectivity index (χ0v) is 13.5. The SMILES string of the molecule is O=C(NCc1ccc(Cl)c(Cl)c1)c1cccnc1OCC(F)(F)F. The summed E-state index contributed by atoms with van der Waals surface area (Å²) in [4.78, 5) is 15.8. The van der Waals surface area contributed by atoms with E-state index in [0.717, 1.165) is 0 Å². The molecule has 0 bridgehead atoms. The number of nitrogens with zero attached hydrogens (tertiary/aromatic N) is 1. The van der Waals surface area contributed by atoms with Crippen LogP contribution in [0.15, 0.2) is 36.5 Å². The molecule has 24 heavy (non-hydrogen) atoms. The number of aromatic nitrogens is 1. The van der Waals surface area contributed by atoms with Crippen LogP contribution < -0.4 is 10.1 Å². The molecule has 0 fully saturated rings. The van der Waals surface area contributed by atoms with Gasteiger partial charge in [-0.05, 0) is 29.8 Å². The van der Waals surface area contributed by atoms with Crippen molar-refractivity contribution in [3.63, 3.8) is 0 Å². The van der Waals surface area contributed by atoms with Crippen molar-refractivity contribution in [2.24, 2.45) is 0 Å². The summed E-state index contributed by atoms with van der Waals surface area (Å²) in [7, 11) is 0. The van der Waals surface area contributed by atoms with E-state index in [-0.39, 0.29) is 18.0 Å². The average Bonchev–Trinajstić information content (AvgIpc) is 2.53. The molecule has 0 saturated carbocycles. The number of nitrogens with one attached hydrogen (secondary N) is 1. The maximum absolute atomic E-state index is 12.2. The van der Waals surface area contributed by atoms with Gasteiger partial charge in [0.05, 0.1) is 10.0 Å². The molecule has 0 aliphatic heterocycles. The Morgan fingerprint density at radius 3 is 2.62 bits per heavy atom. The monoisotopic (exact) mass is 378 g/mol. The molecule has 4 nitrogen and oxygen atoms in total. The smallest absolute Gasteiger partial charge is 0.422 e. The van der Waals surface area contributed by atoms with Crippen LogP contribution in [0.5, 0.6) is 5.88 Å². The van der Waals surface area contributed by atoms with Crippen molar-refractivity contribution in [3.8, 4) is 5.88 Å². The van der Waals surface area contributed by atoms with Crippen molar-refractivity contribution in [3.05, 3.63) is 57.7 Å². The number of hydrogen-bond donors (Lipinski definition) is 1. The second-order valence-corrected chi connectivity index (χ2v) is 5.51.